The van der Waals surface area contributed by atoms with Gasteiger partial charge >= 0.3 is 5.97 Å². The zero-order valence-corrected chi connectivity index (χ0v) is 13.0. The van der Waals surface area contributed by atoms with Gasteiger partial charge in [0, 0.05) is 19.2 Å². The molecule has 1 aliphatic heterocycles. The third-order valence-electron chi connectivity index (χ3n) is 3.45. The Labute approximate surface area is 130 Å². The fourth-order valence-corrected chi connectivity index (χ4v) is 2.15. The van der Waals surface area contributed by atoms with E-state index in [0.717, 1.165) is 11.1 Å². The fraction of sp³-hybridized carbons (Fsp3) is 0.412. The number of nitrogens with zero attached hydrogens (tertiary/aromatic N) is 1. The van der Waals surface area contributed by atoms with Gasteiger partial charge in [-0.3, -0.25) is 4.79 Å². The van der Waals surface area contributed by atoms with Crippen LogP contribution in [0, 0.1) is 6.92 Å². The van der Waals surface area contributed by atoms with E-state index in [0.29, 0.717) is 26.3 Å². The molecule has 0 N–H and O–H groups in total. The highest BCUT2D eigenvalue weighted by Crippen LogP contribution is 2.07. The van der Waals surface area contributed by atoms with Gasteiger partial charge in [-0.1, -0.05) is 29.8 Å². The lowest BCUT2D eigenvalue weighted by atomic mass is 10.1. The maximum absolute atomic E-state index is 12.1. The van der Waals surface area contributed by atoms with Crippen molar-refractivity contribution in [3.05, 3.63) is 41.5 Å². The third-order valence-corrected chi connectivity index (χ3v) is 3.45. The summed E-state index contributed by atoms with van der Waals surface area (Å²) in [6, 6.07) is 7.77. The number of benzene rings is 1. The average Bonchev–Trinajstić information content (AvgIpc) is 2.54. The van der Waals surface area contributed by atoms with Gasteiger partial charge in [-0.25, -0.2) is 4.79 Å². The molecule has 0 radical (unpaired) electrons. The van der Waals surface area contributed by atoms with Crippen LogP contribution in [0.25, 0.3) is 6.08 Å². The highest BCUT2D eigenvalue weighted by atomic mass is 16.5. The van der Waals surface area contributed by atoms with Crippen molar-refractivity contribution in [1.29, 1.82) is 0 Å². The van der Waals surface area contributed by atoms with Gasteiger partial charge in [-0.15, -0.1) is 0 Å². The lowest BCUT2D eigenvalue weighted by molar-refractivity contribution is -0.157. The number of hydrogen-bond donors (Lipinski definition) is 0. The second-order valence-corrected chi connectivity index (χ2v) is 5.26. The van der Waals surface area contributed by atoms with Gasteiger partial charge in [0.05, 0.1) is 13.2 Å². The third kappa shape index (κ3) is 4.70. The van der Waals surface area contributed by atoms with Gasteiger partial charge in [-0.05, 0) is 25.5 Å². The van der Waals surface area contributed by atoms with E-state index in [2.05, 4.69) is 0 Å². The number of amides is 1. The minimum atomic E-state index is -0.784. The van der Waals surface area contributed by atoms with Crippen molar-refractivity contribution in [2.24, 2.45) is 0 Å². The minimum absolute atomic E-state index is 0.180. The predicted octanol–water partition coefficient (Wildman–Crippen LogP) is 1.80. The second kappa shape index (κ2) is 7.75. The largest absolute Gasteiger partial charge is 0.449 e. The van der Waals surface area contributed by atoms with Crippen molar-refractivity contribution >= 4 is 18.0 Å². The van der Waals surface area contributed by atoms with E-state index in [4.69, 9.17) is 9.47 Å². The average molecular weight is 303 g/mol. The first kappa shape index (κ1) is 16.2. The van der Waals surface area contributed by atoms with Crippen LogP contribution in [0.2, 0.25) is 0 Å². The van der Waals surface area contributed by atoms with Crippen LogP contribution in [0.1, 0.15) is 18.1 Å². The fourth-order valence-electron chi connectivity index (χ4n) is 2.15. The molecule has 1 heterocycles. The Bertz CT molecular complexity index is 544. The van der Waals surface area contributed by atoms with E-state index in [1.54, 1.807) is 17.9 Å². The summed E-state index contributed by atoms with van der Waals surface area (Å²) in [5.74, 6) is -0.699. The predicted molar refractivity (Wildman–Crippen MR) is 83.2 cm³/mol. The highest BCUT2D eigenvalue weighted by molar-refractivity contribution is 5.90. The van der Waals surface area contributed by atoms with Crippen LogP contribution in [0.4, 0.5) is 0 Å². The molecule has 1 amide bonds. The lowest BCUT2D eigenvalue weighted by Gasteiger charge is -2.28. The normalized spacial score (nSPS) is 16.5. The van der Waals surface area contributed by atoms with Crippen LogP contribution < -0.4 is 0 Å². The zero-order chi connectivity index (χ0) is 15.9. The first-order valence-corrected chi connectivity index (χ1v) is 7.38. The van der Waals surface area contributed by atoms with Crippen molar-refractivity contribution < 1.29 is 19.1 Å². The van der Waals surface area contributed by atoms with Crippen molar-refractivity contribution in [3.63, 3.8) is 0 Å². The number of esters is 1. The molecule has 1 unspecified atom stereocenters. The zero-order valence-electron chi connectivity index (χ0n) is 13.0. The summed E-state index contributed by atoms with van der Waals surface area (Å²) < 4.78 is 10.3. The van der Waals surface area contributed by atoms with E-state index in [-0.39, 0.29) is 5.91 Å². The van der Waals surface area contributed by atoms with Gasteiger partial charge in [0.2, 0.25) is 0 Å². The molecular weight excluding hydrogens is 282 g/mol. The number of ether oxygens (including phenoxy) is 2. The summed E-state index contributed by atoms with van der Waals surface area (Å²) in [6.45, 7) is 5.73. The molecule has 2 rings (SSSR count). The summed E-state index contributed by atoms with van der Waals surface area (Å²) in [4.78, 5) is 25.5. The Hall–Kier alpha value is -2.14. The van der Waals surface area contributed by atoms with E-state index in [9.17, 15) is 9.59 Å². The Balaban J connectivity index is 1.85. The molecule has 0 aromatic heterocycles. The SMILES string of the molecule is Cc1ccc(/C=C/C(=O)OC(C)C(=O)N2CCOCC2)cc1. The summed E-state index contributed by atoms with van der Waals surface area (Å²) >= 11 is 0. The summed E-state index contributed by atoms with van der Waals surface area (Å²) in [7, 11) is 0. The van der Waals surface area contributed by atoms with Crippen LogP contribution in [-0.2, 0) is 19.1 Å². The molecular formula is C17H21NO4. The van der Waals surface area contributed by atoms with Crippen LogP contribution in [0.5, 0.6) is 0 Å². The Morgan fingerprint density at radius 3 is 2.50 bits per heavy atom. The van der Waals surface area contributed by atoms with Crippen LogP contribution >= 0.6 is 0 Å². The van der Waals surface area contributed by atoms with E-state index < -0.39 is 12.1 Å². The number of carbonyl (C=O) groups is 2. The monoisotopic (exact) mass is 303 g/mol. The van der Waals surface area contributed by atoms with Crippen molar-refractivity contribution in [2.45, 2.75) is 20.0 Å². The van der Waals surface area contributed by atoms with Crippen LogP contribution in [0.3, 0.4) is 0 Å². The van der Waals surface area contributed by atoms with E-state index in [1.165, 1.54) is 6.08 Å². The molecule has 118 valence electrons. The van der Waals surface area contributed by atoms with E-state index >= 15 is 0 Å². The number of hydrogen-bond acceptors (Lipinski definition) is 4. The molecule has 1 fully saturated rings. The smallest absolute Gasteiger partial charge is 0.331 e. The van der Waals surface area contributed by atoms with Crippen LogP contribution in [-0.4, -0.2) is 49.2 Å². The van der Waals surface area contributed by atoms with Gasteiger partial charge in [0.15, 0.2) is 6.10 Å². The van der Waals surface area contributed by atoms with Gasteiger partial charge in [0.25, 0.3) is 5.91 Å². The molecule has 22 heavy (non-hydrogen) atoms. The summed E-state index contributed by atoms with van der Waals surface area (Å²) in [6.07, 6.45) is 2.23. The first-order chi connectivity index (χ1) is 10.6. The van der Waals surface area contributed by atoms with Crippen LogP contribution in [0.15, 0.2) is 30.3 Å². The summed E-state index contributed by atoms with van der Waals surface area (Å²) in [5, 5.41) is 0. The van der Waals surface area contributed by atoms with Gasteiger partial charge in [0.1, 0.15) is 0 Å². The molecule has 5 heteroatoms. The maximum atomic E-state index is 12.1. The summed E-state index contributed by atoms with van der Waals surface area (Å²) in [5.41, 5.74) is 2.07. The molecule has 5 nitrogen and oxygen atoms in total. The molecule has 0 bridgehead atoms. The Morgan fingerprint density at radius 2 is 1.86 bits per heavy atom. The van der Waals surface area contributed by atoms with Crippen molar-refractivity contribution in [2.75, 3.05) is 26.3 Å². The molecule has 1 atom stereocenters. The second-order valence-electron chi connectivity index (χ2n) is 5.26. The molecule has 1 aliphatic rings. The van der Waals surface area contributed by atoms with Crippen molar-refractivity contribution in [3.8, 4) is 0 Å². The van der Waals surface area contributed by atoms with Gasteiger partial charge in [-0.2, -0.15) is 0 Å². The molecule has 0 spiro atoms. The number of morpholine rings is 1. The lowest BCUT2D eigenvalue weighted by Crippen LogP contribution is -2.45. The molecule has 1 saturated heterocycles. The quantitative estimate of drug-likeness (QED) is 0.629. The molecule has 1 aromatic rings. The maximum Gasteiger partial charge on any atom is 0.331 e. The Morgan fingerprint density at radius 1 is 1.23 bits per heavy atom. The number of rotatable bonds is 4. The molecule has 0 aliphatic carbocycles. The topological polar surface area (TPSA) is 55.8 Å². The number of carbonyl (C=O) groups excluding carboxylic acids is 2. The number of aryl methyl sites for hydroxylation is 1. The Kier molecular flexibility index (Phi) is 5.72. The molecule has 0 saturated carbocycles. The first-order valence-electron chi connectivity index (χ1n) is 7.38. The van der Waals surface area contributed by atoms with Gasteiger partial charge < -0.3 is 14.4 Å². The highest BCUT2D eigenvalue weighted by Gasteiger charge is 2.24. The van der Waals surface area contributed by atoms with E-state index in [1.807, 2.05) is 31.2 Å². The van der Waals surface area contributed by atoms with Crippen molar-refractivity contribution in [1.82, 2.24) is 4.90 Å². The standard InChI is InChI=1S/C17H21NO4/c1-13-3-5-15(6-4-13)7-8-16(19)22-14(2)17(20)18-9-11-21-12-10-18/h3-8,14H,9-12H2,1-2H3/b8-7+. The minimum Gasteiger partial charge on any atom is -0.449 e. The molecule has 1 aromatic carbocycles.